The van der Waals surface area contributed by atoms with Crippen LogP contribution >= 0.6 is 15.9 Å². The Kier molecular flexibility index (Phi) is 5.51. The van der Waals surface area contributed by atoms with Crippen molar-refractivity contribution in [1.82, 2.24) is 0 Å². The van der Waals surface area contributed by atoms with Crippen LogP contribution in [0.4, 0.5) is 0 Å². The number of rotatable bonds is 3. The highest BCUT2D eigenvalue weighted by Crippen LogP contribution is 2.36. The molecule has 0 N–H and O–H groups in total. The van der Waals surface area contributed by atoms with E-state index in [1.54, 1.807) is 0 Å². The second-order valence-electron chi connectivity index (χ2n) is 5.12. The molecule has 0 nitrogen and oxygen atoms in total. The minimum atomic E-state index is 0.793. The molecule has 0 aromatic heterocycles. The Bertz CT molecular complexity index is 155. The van der Waals surface area contributed by atoms with Crippen LogP contribution < -0.4 is 0 Å². The average Bonchev–Trinajstić information content (AvgIpc) is 2.40. The summed E-state index contributed by atoms with van der Waals surface area (Å²) < 4.78 is 0. The van der Waals surface area contributed by atoms with Crippen molar-refractivity contribution in [3.63, 3.8) is 0 Å². The van der Waals surface area contributed by atoms with E-state index in [1.807, 2.05) is 0 Å². The molecule has 0 heterocycles. The van der Waals surface area contributed by atoms with Crippen molar-refractivity contribution < 1.29 is 0 Å². The van der Waals surface area contributed by atoms with Gasteiger partial charge in [-0.3, -0.25) is 0 Å². The highest BCUT2D eigenvalue weighted by Gasteiger charge is 2.25. The van der Waals surface area contributed by atoms with Crippen molar-refractivity contribution in [3.8, 4) is 0 Å². The van der Waals surface area contributed by atoms with Gasteiger partial charge in [0.15, 0.2) is 0 Å². The molecule has 1 fully saturated rings. The predicted molar refractivity (Wildman–Crippen MR) is 67.9 cm³/mol. The third kappa shape index (κ3) is 3.56. The third-order valence-corrected chi connectivity index (χ3v) is 5.02. The molecule has 0 spiro atoms. The zero-order chi connectivity index (χ0) is 10.6. The first-order valence-corrected chi connectivity index (χ1v) is 7.20. The van der Waals surface area contributed by atoms with Crippen LogP contribution in [-0.2, 0) is 0 Å². The molecule has 4 atom stereocenters. The second kappa shape index (κ2) is 6.15. The van der Waals surface area contributed by atoms with Crippen molar-refractivity contribution in [1.29, 1.82) is 0 Å². The maximum atomic E-state index is 3.82. The van der Waals surface area contributed by atoms with Crippen LogP contribution in [0, 0.1) is 17.8 Å². The molecule has 1 saturated carbocycles. The Morgan fingerprint density at radius 1 is 1.21 bits per heavy atom. The minimum Gasteiger partial charge on any atom is -0.0891 e. The molecule has 14 heavy (non-hydrogen) atoms. The fraction of sp³-hybridized carbons (Fsp3) is 1.00. The summed E-state index contributed by atoms with van der Waals surface area (Å²) >= 11 is 3.82. The SMILES string of the molecule is CCC(C)C(C)C1CCCCC(Br)C1. The molecule has 84 valence electrons. The van der Waals surface area contributed by atoms with Crippen LogP contribution in [-0.4, -0.2) is 4.83 Å². The highest BCUT2D eigenvalue weighted by molar-refractivity contribution is 9.09. The van der Waals surface area contributed by atoms with Gasteiger partial charge in [-0.2, -0.15) is 0 Å². The van der Waals surface area contributed by atoms with Gasteiger partial charge >= 0.3 is 0 Å². The van der Waals surface area contributed by atoms with Crippen molar-refractivity contribution in [2.24, 2.45) is 17.8 Å². The lowest BCUT2D eigenvalue weighted by molar-refractivity contribution is 0.235. The van der Waals surface area contributed by atoms with Gasteiger partial charge in [-0.15, -0.1) is 0 Å². The topological polar surface area (TPSA) is 0 Å². The zero-order valence-corrected chi connectivity index (χ0v) is 11.5. The lowest BCUT2D eigenvalue weighted by Gasteiger charge is -2.28. The number of halogens is 1. The van der Waals surface area contributed by atoms with E-state index in [4.69, 9.17) is 0 Å². The van der Waals surface area contributed by atoms with E-state index in [2.05, 4.69) is 36.7 Å². The molecule has 4 unspecified atom stereocenters. The summed E-state index contributed by atoms with van der Waals surface area (Å²) in [4.78, 5) is 0.793. The van der Waals surface area contributed by atoms with Crippen LogP contribution in [0.2, 0.25) is 0 Å². The quantitative estimate of drug-likeness (QED) is 0.494. The van der Waals surface area contributed by atoms with Gasteiger partial charge in [0.25, 0.3) is 0 Å². The zero-order valence-electron chi connectivity index (χ0n) is 9.93. The first-order chi connectivity index (χ1) is 6.65. The molecule has 0 amide bonds. The van der Waals surface area contributed by atoms with Gasteiger partial charge in [0, 0.05) is 4.83 Å². The monoisotopic (exact) mass is 260 g/mol. The molecule has 0 saturated heterocycles. The van der Waals surface area contributed by atoms with Crippen LogP contribution in [0.5, 0.6) is 0 Å². The Morgan fingerprint density at radius 3 is 2.50 bits per heavy atom. The lowest BCUT2D eigenvalue weighted by Crippen LogP contribution is -2.20. The first-order valence-electron chi connectivity index (χ1n) is 6.29. The molecule has 0 aromatic carbocycles. The standard InChI is InChI=1S/C13H25Br/c1-4-10(2)11(3)12-7-5-6-8-13(14)9-12/h10-13H,4-9H2,1-3H3. The van der Waals surface area contributed by atoms with E-state index in [0.717, 1.165) is 22.6 Å². The molecule has 0 aliphatic heterocycles. The molecule has 0 radical (unpaired) electrons. The summed E-state index contributed by atoms with van der Waals surface area (Å²) in [5, 5.41) is 0. The Labute approximate surface area is 98.0 Å². The maximum Gasteiger partial charge on any atom is 0.0148 e. The molecule has 1 rings (SSSR count). The largest absolute Gasteiger partial charge is 0.0891 e. The normalized spacial score (nSPS) is 33.4. The van der Waals surface area contributed by atoms with Gasteiger partial charge in [0.05, 0.1) is 0 Å². The molecule has 1 aliphatic rings. The third-order valence-electron chi connectivity index (χ3n) is 4.19. The summed E-state index contributed by atoms with van der Waals surface area (Å²) in [5.41, 5.74) is 0. The Hall–Kier alpha value is 0.480. The van der Waals surface area contributed by atoms with E-state index in [9.17, 15) is 0 Å². The average molecular weight is 261 g/mol. The van der Waals surface area contributed by atoms with E-state index in [-0.39, 0.29) is 0 Å². The fourth-order valence-corrected chi connectivity index (χ4v) is 3.45. The van der Waals surface area contributed by atoms with Gasteiger partial charge < -0.3 is 0 Å². The molecule has 1 aliphatic carbocycles. The van der Waals surface area contributed by atoms with E-state index >= 15 is 0 Å². The van der Waals surface area contributed by atoms with Gasteiger partial charge in [-0.25, -0.2) is 0 Å². The molecule has 1 heteroatoms. The van der Waals surface area contributed by atoms with Gasteiger partial charge in [-0.1, -0.05) is 62.4 Å². The molecular formula is C13H25Br. The highest BCUT2D eigenvalue weighted by atomic mass is 79.9. The molecule has 0 aromatic rings. The van der Waals surface area contributed by atoms with Crippen molar-refractivity contribution in [2.75, 3.05) is 0 Å². The lowest BCUT2D eigenvalue weighted by atomic mass is 9.79. The number of alkyl halides is 1. The van der Waals surface area contributed by atoms with E-state index in [0.29, 0.717) is 0 Å². The Balaban J connectivity index is 2.47. The van der Waals surface area contributed by atoms with Crippen LogP contribution in [0.25, 0.3) is 0 Å². The number of hydrogen-bond acceptors (Lipinski definition) is 0. The smallest absolute Gasteiger partial charge is 0.0148 e. The predicted octanol–water partition coefficient (Wildman–Crippen LogP) is 5.01. The van der Waals surface area contributed by atoms with Gasteiger partial charge in [0.1, 0.15) is 0 Å². The summed E-state index contributed by atoms with van der Waals surface area (Å²) in [6.07, 6.45) is 8.49. The van der Waals surface area contributed by atoms with E-state index < -0.39 is 0 Å². The summed E-state index contributed by atoms with van der Waals surface area (Å²) in [7, 11) is 0. The minimum absolute atomic E-state index is 0.793. The van der Waals surface area contributed by atoms with E-state index in [1.165, 1.54) is 38.5 Å². The number of hydrogen-bond donors (Lipinski definition) is 0. The second-order valence-corrected chi connectivity index (χ2v) is 6.42. The summed E-state index contributed by atoms with van der Waals surface area (Å²) in [6, 6.07) is 0. The van der Waals surface area contributed by atoms with Gasteiger partial charge in [0.2, 0.25) is 0 Å². The van der Waals surface area contributed by atoms with Crippen molar-refractivity contribution >= 4 is 15.9 Å². The first kappa shape index (κ1) is 12.5. The maximum absolute atomic E-state index is 3.82. The summed E-state index contributed by atoms with van der Waals surface area (Å²) in [5.74, 6) is 2.78. The van der Waals surface area contributed by atoms with Crippen molar-refractivity contribution in [2.45, 2.75) is 64.1 Å². The van der Waals surface area contributed by atoms with Gasteiger partial charge in [-0.05, 0) is 30.6 Å². The Morgan fingerprint density at radius 2 is 1.86 bits per heavy atom. The van der Waals surface area contributed by atoms with Crippen molar-refractivity contribution in [3.05, 3.63) is 0 Å². The van der Waals surface area contributed by atoms with Crippen LogP contribution in [0.15, 0.2) is 0 Å². The molecule has 0 bridgehead atoms. The molecular weight excluding hydrogens is 236 g/mol. The van der Waals surface area contributed by atoms with Crippen LogP contribution in [0.1, 0.15) is 59.3 Å². The summed E-state index contributed by atoms with van der Waals surface area (Å²) in [6.45, 7) is 7.20. The fourth-order valence-electron chi connectivity index (χ4n) is 2.65. The van der Waals surface area contributed by atoms with Crippen LogP contribution in [0.3, 0.4) is 0 Å².